The van der Waals surface area contributed by atoms with Gasteiger partial charge in [-0.2, -0.15) is 5.26 Å². The van der Waals surface area contributed by atoms with Crippen LogP contribution in [0.25, 0.3) is 0 Å². The maximum absolute atomic E-state index is 9.28. The van der Waals surface area contributed by atoms with Crippen molar-refractivity contribution in [2.45, 2.75) is 37.6 Å². The largest absolute Gasteiger partial charge is 0.361 e. The number of nitrogens with one attached hydrogen (secondary N) is 1. The Balaban J connectivity index is 1.98. The van der Waals surface area contributed by atoms with Crippen LogP contribution in [-0.2, 0) is 0 Å². The highest BCUT2D eigenvalue weighted by Crippen LogP contribution is 2.38. The molecule has 1 aromatic heterocycles. The number of nitriles is 1. The Kier molecular flexibility index (Phi) is 3.39. The molecule has 0 bridgehead atoms. The van der Waals surface area contributed by atoms with E-state index in [1.165, 1.54) is 32.1 Å². The van der Waals surface area contributed by atoms with E-state index in [1.54, 1.807) is 6.20 Å². The third-order valence-electron chi connectivity index (χ3n) is 4.51. The van der Waals surface area contributed by atoms with E-state index in [9.17, 15) is 5.26 Å². The van der Waals surface area contributed by atoms with Crippen LogP contribution >= 0.6 is 0 Å². The molecule has 1 saturated carbocycles. The normalized spacial score (nSPS) is 22.2. The minimum atomic E-state index is 0.200. The van der Waals surface area contributed by atoms with Gasteiger partial charge in [-0.25, -0.2) is 4.98 Å². The molecule has 2 heterocycles. The molecule has 1 aromatic rings. The summed E-state index contributed by atoms with van der Waals surface area (Å²) in [4.78, 5) is 6.68. The SMILES string of the molecule is N#Cc1ncccc1N1CCNCC12CCCCC2. The quantitative estimate of drug-likeness (QED) is 0.835. The van der Waals surface area contributed by atoms with Gasteiger partial charge < -0.3 is 10.2 Å². The summed E-state index contributed by atoms with van der Waals surface area (Å²) in [5.41, 5.74) is 1.79. The molecule has 2 fully saturated rings. The molecule has 1 spiro atoms. The van der Waals surface area contributed by atoms with Crippen molar-refractivity contribution in [3.8, 4) is 6.07 Å². The Morgan fingerprint density at radius 2 is 2.16 bits per heavy atom. The van der Waals surface area contributed by atoms with E-state index in [2.05, 4.69) is 21.3 Å². The predicted molar refractivity (Wildman–Crippen MR) is 75.0 cm³/mol. The maximum atomic E-state index is 9.28. The Labute approximate surface area is 114 Å². The van der Waals surface area contributed by atoms with Crippen LogP contribution in [0.2, 0.25) is 0 Å². The van der Waals surface area contributed by atoms with Gasteiger partial charge in [0.2, 0.25) is 0 Å². The standard InChI is InChI=1S/C15H20N4/c16-11-13-14(5-4-8-18-13)19-10-9-17-12-15(19)6-2-1-3-7-15/h4-5,8,17H,1-3,6-7,9-10,12H2. The van der Waals surface area contributed by atoms with E-state index in [1.807, 2.05) is 12.1 Å². The molecule has 1 saturated heterocycles. The molecule has 1 N–H and O–H groups in total. The fourth-order valence-electron chi connectivity index (χ4n) is 3.58. The molecule has 3 rings (SSSR count). The number of nitrogens with zero attached hydrogens (tertiary/aromatic N) is 3. The van der Waals surface area contributed by atoms with Crippen LogP contribution in [-0.4, -0.2) is 30.2 Å². The molecule has 0 unspecified atom stereocenters. The Bertz CT molecular complexity index is 477. The van der Waals surface area contributed by atoms with E-state index in [4.69, 9.17) is 0 Å². The van der Waals surface area contributed by atoms with Crippen LogP contribution in [0.1, 0.15) is 37.8 Å². The van der Waals surface area contributed by atoms with Crippen molar-refractivity contribution in [2.24, 2.45) is 0 Å². The minimum absolute atomic E-state index is 0.200. The zero-order chi connectivity index (χ0) is 13.1. The van der Waals surface area contributed by atoms with Gasteiger partial charge in [0, 0.05) is 25.8 Å². The van der Waals surface area contributed by atoms with E-state index in [0.29, 0.717) is 5.69 Å². The first-order valence-corrected chi connectivity index (χ1v) is 7.19. The van der Waals surface area contributed by atoms with Gasteiger partial charge in [0.05, 0.1) is 11.2 Å². The van der Waals surface area contributed by atoms with Crippen molar-refractivity contribution in [1.29, 1.82) is 5.26 Å². The number of anilines is 1. The zero-order valence-electron chi connectivity index (χ0n) is 11.2. The smallest absolute Gasteiger partial charge is 0.163 e. The fourth-order valence-corrected chi connectivity index (χ4v) is 3.58. The second-order valence-electron chi connectivity index (χ2n) is 5.60. The van der Waals surface area contributed by atoms with Crippen LogP contribution in [0.15, 0.2) is 18.3 Å². The fraction of sp³-hybridized carbons (Fsp3) is 0.600. The van der Waals surface area contributed by atoms with Crippen molar-refractivity contribution < 1.29 is 0 Å². The number of piperazine rings is 1. The molecule has 1 aliphatic carbocycles. The van der Waals surface area contributed by atoms with Crippen LogP contribution in [0.4, 0.5) is 5.69 Å². The molecule has 4 heteroatoms. The van der Waals surface area contributed by atoms with Crippen LogP contribution in [0.3, 0.4) is 0 Å². The average Bonchev–Trinajstić information content (AvgIpc) is 2.49. The number of pyridine rings is 1. The van der Waals surface area contributed by atoms with Gasteiger partial charge in [0.15, 0.2) is 5.69 Å². The summed E-state index contributed by atoms with van der Waals surface area (Å²) < 4.78 is 0. The molecule has 0 radical (unpaired) electrons. The second-order valence-corrected chi connectivity index (χ2v) is 5.60. The van der Waals surface area contributed by atoms with Gasteiger partial charge >= 0.3 is 0 Å². The summed E-state index contributed by atoms with van der Waals surface area (Å²) in [6.45, 7) is 2.99. The van der Waals surface area contributed by atoms with Crippen LogP contribution in [0, 0.1) is 11.3 Å². The highest BCUT2D eigenvalue weighted by atomic mass is 15.3. The highest BCUT2D eigenvalue weighted by Gasteiger charge is 2.40. The van der Waals surface area contributed by atoms with Gasteiger partial charge in [-0.05, 0) is 25.0 Å². The van der Waals surface area contributed by atoms with Crippen LogP contribution in [0.5, 0.6) is 0 Å². The Hall–Kier alpha value is -1.60. The van der Waals surface area contributed by atoms with Crippen molar-refractivity contribution in [2.75, 3.05) is 24.5 Å². The average molecular weight is 256 g/mol. The summed E-state index contributed by atoms with van der Waals surface area (Å²) in [5.74, 6) is 0. The number of aromatic nitrogens is 1. The van der Waals surface area contributed by atoms with Gasteiger partial charge in [-0.3, -0.25) is 0 Å². The van der Waals surface area contributed by atoms with Gasteiger partial charge in [-0.15, -0.1) is 0 Å². The van der Waals surface area contributed by atoms with E-state index in [-0.39, 0.29) is 5.54 Å². The van der Waals surface area contributed by atoms with E-state index < -0.39 is 0 Å². The topological polar surface area (TPSA) is 52.0 Å². The highest BCUT2D eigenvalue weighted by molar-refractivity contribution is 5.58. The summed E-state index contributed by atoms with van der Waals surface area (Å²) in [6, 6.07) is 6.23. The number of hydrogen-bond acceptors (Lipinski definition) is 4. The van der Waals surface area contributed by atoms with Crippen LogP contribution < -0.4 is 10.2 Å². The molecular weight excluding hydrogens is 236 g/mol. The molecule has 0 aromatic carbocycles. The summed E-state index contributed by atoms with van der Waals surface area (Å²) in [5, 5.41) is 12.8. The Morgan fingerprint density at radius 3 is 2.95 bits per heavy atom. The van der Waals surface area contributed by atoms with Crippen molar-refractivity contribution in [3.05, 3.63) is 24.0 Å². The molecule has 0 amide bonds. The molecular formula is C15H20N4. The molecule has 4 nitrogen and oxygen atoms in total. The number of hydrogen-bond donors (Lipinski definition) is 1. The van der Waals surface area contributed by atoms with E-state index >= 15 is 0 Å². The summed E-state index contributed by atoms with van der Waals surface area (Å²) in [6.07, 6.45) is 8.08. The van der Waals surface area contributed by atoms with Crippen molar-refractivity contribution >= 4 is 5.69 Å². The molecule has 1 aliphatic heterocycles. The van der Waals surface area contributed by atoms with Crippen molar-refractivity contribution in [1.82, 2.24) is 10.3 Å². The third kappa shape index (κ3) is 2.19. The first-order valence-electron chi connectivity index (χ1n) is 7.19. The first-order chi connectivity index (χ1) is 9.36. The predicted octanol–water partition coefficient (Wildman–Crippen LogP) is 2.07. The van der Waals surface area contributed by atoms with Gasteiger partial charge in [0.25, 0.3) is 0 Å². The third-order valence-corrected chi connectivity index (χ3v) is 4.51. The van der Waals surface area contributed by atoms with Crippen molar-refractivity contribution in [3.63, 3.8) is 0 Å². The lowest BCUT2D eigenvalue weighted by Gasteiger charge is -2.51. The number of rotatable bonds is 1. The molecule has 100 valence electrons. The summed E-state index contributed by atoms with van der Waals surface area (Å²) >= 11 is 0. The first kappa shape index (κ1) is 12.4. The maximum Gasteiger partial charge on any atom is 0.163 e. The second kappa shape index (κ2) is 5.18. The molecule has 19 heavy (non-hydrogen) atoms. The van der Waals surface area contributed by atoms with Gasteiger partial charge in [-0.1, -0.05) is 19.3 Å². The van der Waals surface area contributed by atoms with E-state index in [0.717, 1.165) is 25.3 Å². The molecule has 2 aliphatic rings. The van der Waals surface area contributed by atoms with Gasteiger partial charge in [0.1, 0.15) is 6.07 Å². The zero-order valence-corrected chi connectivity index (χ0v) is 11.2. The minimum Gasteiger partial charge on any atom is -0.361 e. The monoisotopic (exact) mass is 256 g/mol. The lowest BCUT2D eigenvalue weighted by molar-refractivity contribution is 0.241. The lowest BCUT2D eigenvalue weighted by Crippen LogP contribution is -2.62. The lowest BCUT2D eigenvalue weighted by atomic mass is 9.78. The summed E-state index contributed by atoms with van der Waals surface area (Å²) in [7, 11) is 0. The molecule has 0 atom stereocenters. The Morgan fingerprint density at radius 1 is 1.32 bits per heavy atom.